The van der Waals surface area contributed by atoms with Crippen molar-refractivity contribution in [2.75, 3.05) is 11.5 Å². The van der Waals surface area contributed by atoms with E-state index in [0.29, 0.717) is 32.5 Å². The number of hydrogen-bond donors (Lipinski definition) is 1. The average molecular weight is 639 g/mol. The van der Waals surface area contributed by atoms with Gasteiger partial charge in [-0.05, 0) is 76.3 Å². The second-order valence-electron chi connectivity index (χ2n) is 9.95. The number of aromatic nitrogens is 1. The molecule has 2 atom stereocenters. The highest BCUT2D eigenvalue weighted by Gasteiger charge is 2.39. The SMILES string of the molecule is CCOC(=O)C1=C(C)N=c2s/c(=C/[C@@H]3C(=O)NC(=S)N(c4ccc(Cl)cc4)C3=O)c(=O)n2[C@@H]1c1ccccc1OC(C)C. The Balaban J connectivity index is 1.67. The summed E-state index contributed by atoms with van der Waals surface area (Å²) in [6.07, 6.45) is 1.13. The van der Waals surface area contributed by atoms with Gasteiger partial charge in [-0.3, -0.25) is 23.9 Å². The summed E-state index contributed by atoms with van der Waals surface area (Å²) in [6.45, 7) is 7.24. The van der Waals surface area contributed by atoms with Gasteiger partial charge in [0.15, 0.2) is 9.91 Å². The molecule has 0 radical (unpaired) electrons. The Bertz CT molecular complexity index is 1860. The van der Waals surface area contributed by atoms with Crippen molar-refractivity contribution in [3.05, 3.63) is 90.1 Å². The van der Waals surface area contributed by atoms with Crippen molar-refractivity contribution in [2.24, 2.45) is 10.9 Å². The first-order chi connectivity index (χ1) is 20.5. The van der Waals surface area contributed by atoms with Crippen molar-refractivity contribution < 1.29 is 23.9 Å². The van der Waals surface area contributed by atoms with Gasteiger partial charge in [0.05, 0.1) is 34.2 Å². The number of para-hydroxylation sites is 1. The first-order valence-corrected chi connectivity index (χ1v) is 15.0. The molecule has 43 heavy (non-hydrogen) atoms. The minimum absolute atomic E-state index is 0.0834. The summed E-state index contributed by atoms with van der Waals surface area (Å²) in [5.41, 5.74) is 1.00. The summed E-state index contributed by atoms with van der Waals surface area (Å²) < 4.78 is 12.9. The highest BCUT2D eigenvalue weighted by atomic mass is 35.5. The number of esters is 1. The lowest BCUT2D eigenvalue weighted by atomic mass is 9.95. The number of fused-ring (bicyclic) bond motifs is 1. The Morgan fingerprint density at radius 2 is 1.86 bits per heavy atom. The van der Waals surface area contributed by atoms with Gasteiger partial charge in [0, 0.05) is 10.6 Å². The van der Waals surface area contributed by atoms with Crippen LogP contribution in [0.3, 0.4) is 0 Å². The largest absolute Gasteiger partial charge is 0.491 e. The van der Waals surface area contributed by atoms with Crippen LogP contribution in [0, 0.1) is 5.92 Å². The number of carbonyl (C=O) groups is 3. The molecule has 0 unspecified atom stereocenters. The standard InChI is InChI=1S/C30H27ClN4O6S2/c1-5-40-28(39)23-16(4)32-30-35(24(23)19-8-6-7-9-21(19)41-15(2)3)27(38)22(43-30)14-20-25(36)33-29(42)34(26(20)37)18-12-10-17(31)11-13-18/h6-15,20,24H,5H2,1-4H3,(H,33,36,42)/b22-14+/t20-,24-/m1/s1. The molecule has 13 heteroatoms. The van der Waals surface area contributed by atoms with Crippen LogP contribution < -0.4 is 29.8 Å². The van der Waals surface area contributed by atoms with Crippen LogP contribution in [0.4, 0.5) is 5.69 Å². The highest BCUT2D eigenvalue weighted by Crippen LogP contribution is 2.36. The van der Waals surface area contributed by atoms with Crippen molar-refractivity contribution in [1.29, 1.82) is 0 Å². The van der Waals surface area contributed by atoms with Crippen LogP contribution in [0.25, 0.3) is 6.08 Å². The van der Waals surface area contributed by atoms with Crippen LogP contribution in [0.15, 0.2) is 69.6 Å². The third-order valence-electron chi connectivity index (χ3n) is 6.70. The molecule has 10 nitrogen and oxygen atoms in total. The molecular weight excluding hydrogens is 612 g/mol. The molecule has 1 saturated heterocycles. The second-order valence-corrected chi connectivity index (χ2v) is 11.8. The van der Waals surface area contributed by atoms with Gasteiger partial charge in [-0.25, -0.2) is 9.79 Å². The Morgan fingerprint density at radius 1 is 1.16 bits per heavy atom. The Morgan fingerprint density at radius 3 is 2.53 bits per heavy atom. The highest BCUT2D eigenvalue weighted by molar-refractivity contribution is 7.80. The quantitative estimate of drug-likeness (QED) is 0.240. The minimum Gasteiger partial charge on any atom is -0.491 e. The van der Waals surface area contributed by atoms with Crippen LogP contribution in [0.5, 0.6) is 5.75 Å². The second kappa shape index (κ2) is 12.2. The van der Waals surface area contributed by atoms with Gasteiger partial charge in [0.2, 0.25) is 11.8 Å². The number of anilines is 1. The maximum Gasteiger partial charge on any atom is 0.338 e. The number of amides is 2. The van der Waals surface area contributed by atoms with E-state index in [1.807, 2.05) is 13.8 Å². The van der Waals surface area contributed by atoms with Gasteiger partial charge in [-0.1, -0.05) is 41.1 Å². The Labute approximate surface area is 260 Å². The molecule has 1 aromatic heterocycles. The number of thiazole rings is 1. The van der Waals surface area contributed by atoms with E-state index in [9.17, 15) is 19.2 Å². The number of halogens is 1. The van der Waals surface area contributed by atoms with Gasteiger partial charge in [0.1, 0.15) is 17.7 Å². The van der Waals surface area contributed by atoms with Crippen LogP contribution in [0.1, 0.15) is 39.3 Å². The van der Waals surface area contributed by atoms with Crippen LogP contribution in [-0.4, -0.2) is 40.2 Å². The van der Waals surface area contributed by atoms with Crippen molar-refractivity contribution in [3.63, 3.8) is 0 Å². The fraction of sp³-hybridized carbons (Fsp3) is 0.267. The van der Waals surface area contributed by atoms with E-state index in [2.05, 4.69) is 10.3 Å². The molecule has 222 valence electrons. The molecule has 1 fully saturated rings. The third-order valence-corrected chi connectivity index (χ3v) is 8.24. The summed E-state index contributed by atoms with van der Waals surface area (Å²) >= 11 is 12.3. The van der Waals surface area contributed by atoms with E-state index in [1.54, 1.807) is 62.4 Å². The van der Waals surface area contributed by atoms with Crippen molar-refractivity contribution in [2.45, 2.75) is 39.8 Å². The predicted molar refractivity (Wildman–Crippen MR) is 167 cm³/mol. The normalized spacial score (nSPS) is 18.9. The smallest absolute Gasteiger partial charge is 0.338 e. The number of nitrogens with zero attached hydrogens (tertiary/aromatic N) is 3. The summed E-state index contributed by atoms with van der Waals surface area (Å²) in [7, 11) is 0. The number of hydrogen-bond acceptors (Lipinski definition) is 9. The summed E-state index contributed by atoms with van der Waals surface area (Å²) in [4.78, 5) is 60.0. The lowest BCUT2D eigenvalue weighted by molar-refractivity contribution is -0.139. The van der Waals surface area contributed by atoms with Gasteiger partial charge in [0.25, 0.3) is 5.56 Å². The zero-order valence-electron chi connectivity index (χ0n) is 23.6. The summed E-state index contributed by atoms with van der Waals surface area (Å²) in [5, 5.41) is 2.93. The zero-order valence-corrected chi connectivity index (χ0v) is 26.0. The maximum absolute atomic E-state index is 14.1. The molecule has 2 aliphatic heterocycles. The number of carbonyl (C=O) groups excluding carboxylic acids is 3. The maximum atomic E-state index is 14.1. The van der Waals surface area contributed by atoms with E-state index >= 15 is 0 Å². The van der Waals surface area contributed by atoms with Gasteiger partial charge in [-0.2, -0.15) is 0 Å². The Hall–Kier alpha value is -4.13. The number of ether oxygens (including phenoxy) is 2. The van der Waals surface area contributed by atoms with Gasteiger partial charge in [-0.15, -0.1) is 0 Å². The molecule has 2 aromatic carbocycles. The molecule has 3 heterocycles. The van der Waals surface area contributed by atoms with Crippen molar-refractivity contribution in [1.82, 2.24) is 9.88 Å². The molecular formula is C30H27ClN4O6S2. The van der Waals surface area contributed by atoms with E-state index < -0.39 is 35.3 Å². The molecule has 0 spiro atoms. The monoisotopic (exact) mass is 638 g/mol. The minimum atomic E-state index is -1.36. The fourth-order valence-corrected chi connectivity index (χ4v) is 6.37. The first kappa shape index (κ1) is 30.3. The zero-order chi connectivity index (χ0) is 31.0. The molecule has 5 rings (SSSR count). The summed E-state index contributed by atoms with van der Waals surface area (Å²) in [5.74, 6) is -2.78. The fourth-order valence-electron chi connectivity index (χ4n) is 4.89. The van der Waals surface area contributed by atoms with Crippen LogP contribution in [-0.2, 0) is 19.1 Å². The first-order valence-electron chi connectivity index (χ1n) is 13.4. The molecule has 0 bridgehead atoms. The van der Waals surface area contributed by atoms with E-state index in [4.69, 9.17) is 33.3 Å². The average Bonchev–Trinajstić information content (AvgIpc) is 3.25. The number of benzene rings is 2. The molecule has 1 N–H and O–H groups in total. The Kier molecular flexibility index (Phi) is 8.63. The molecule has 3 aromatic rings. The molecule has 0 aliphatic carbocycles. The lowest BCUT2D eigenvalue weighted by Gasteiger charge is -2.31. The topological polar surface area (TPSA) is 119 Å². The number of allylic oxidation sites excluding steroid dienone is 1. The lowest BCUT2D eigenvalue weighted by Crippen LogP contribution is -2.58. The van der Waals surface area contributed by atoms with Crippen molar-refractivity contribution in [3.8, 4) is 5.75 Å². The third kappa shape index (κ3) is 5.77. The van der Waals surface area contributed by atoms with Crippen LogP contribution >= 0.6 is 35.2 Å². The van der Waals surface area contributed by atoms with E-state index in [-0.39, 0.29) is 27.9 Å². The van der Waals surface area contributed by atoms with Crippen molar-refractivity contribution >= 4 is 69.8 Å². The van der Waals surface area contributed by atoms with Gasteiger partial charge < -0.3 is 14.8 Å². The molecule has 0 saturated carbocycles. The predicted octanol–water partition coefficient (Wildman–Crippen LogP) is 3.25. The number of thiocarbonyl (C=S) groups is 1. The molecule has 2 amide bonds. The van der Waals surface area contributed by atoms with E-state index in [0.717, 1.165) is 11.3 Å². The van der Waals surface area contributed by atoms with Crippen LogP contribution in [0.2, 0.25) is 5.02 Å². The molecule has 2 aliphatic rings. The van der Waals surface area contributed by atoms with Gasteiger partial charge >= 0.3 is 5.97 Å². The van der Waals surface area contributed by atoms with E-state index in [1.165, 1.54) is 15.5 Å². The number of rotatable bonds is 7. The summed E-state index contributed by atoms with van der Waals surface area (Å²) in [6, 6.07) is 12.6. The number of nitrogens with one attached hydrogen (secondary N) is 1.